The molecule has 1 atom stereocenters. The maximum atomic E-state index is 6.10. The monoisotopic (exact) mass is 606 g/mol. The van der Waals surface area contributed by atoms with Gasteiger partial charge in [-0.15, -0.1) is 0 Å². The van der Waals surface area contributed by atoms with Gasteiger partial charge >= 0.3 is 39.3 Å². The molecule has 1 heterocycles. The van der Waals surface area contributed by atoms with E-state index in [4.69, 9.17) is 14.7 Å². The Kier molecular flexibility index (Phi) is 10.6. The van der Waals surface area contributed by atoms with E-state index in [1.807, 2.05) is 18.2 Å². The number of ether oxygens (including phenoxy) is 1. The van der Waals surface area contributed by atoms with Crippen molar-refractivity contribution in [3.05, 3.63) is 65.2 Å². The van der Waals surface area contributed by atoms with Crippen LogP contribution in [-0.2, 0) is 15.6 Å². The van der Waals surface area contributed by atoms with Crippen molar-refractivity contribution in [1.82, 2.24) is 0 Å². The topological polar surface area (TPSA) is 34.0 Å². The molecule has 0 spiro atoms. The van der Waals surface area contributed by atoms with Crippen molar-refractivity contribution in [2.24, 2.45) is 15.4 Å². The first-order chi connectivity index (χ1) is 15.1. The van der Waals surface area contributed by atoms with Crippen LogP contribution >= 0.6 is 28.5 Å². The fourth-order valence-corrected chi connectivity index (χ4v) is 3.53. The fourth-order valence-electron chi connectivity index (χ4n) is 3.53. The molecule has 0 amide bonds. The second-order valence-electron chi connectivity index (χ2n) is 9.59. The maximum absolute atomic E-state index is 6.10. The summed E-state index contributed by atoms with van der Waals surface area (Å²) < 4.78 is 6.10. The predicted octanol–water partition coefficient (Wildman–Crippen LogP) is 8.59. The minimum absolute atomic E-state index is 0.0580. The molecule has 3 rings (SSSR count). The van der Waals surface area contributed by atoms with Crippen molar-refractivity contribution >= 4 is 45.7 Å². The van der Waals surface area contributed by atoms with Gasteiger partial charge in [-0.2, -0.15) is 0 Å². The number of hydrogen-bond acceptors (Lipinski definition) is 3. The zero-order chi connectivity index (χ0) is 23.9. The van der Waals surface area contributed by atoms with Crippen molar-refractivity contribution in [1.29, 1.82) is 0 Å². The van der Waals surface area contributed by atoms with Gasteiger partial charge in [0.25, 0.3) is 0 Å². The number of halogens is 2. The second kappa shape index (κ2) is 12.5. The Hall–Kier alpha value is -0.966. The van der Waals surface area contributed by atoms with Crippen LogP contribution in [-0.4, -0.2) is 24.3 Å². The van der Waals surface area contributed by atoms with E-state index in [-0.39, 0.29) is 11.5 Å². The average molecular weight is 609 g/mol. The Morgan fingerprint density at radius 2 is 1.50 bits per heavy atom. The fraction of sp³-hybridized carbons (Fsp3) is 0.462. The average Bonchev–Trinajstić information content (AvgIpc) is 3.23. The summed E-state index contributed by atoms with van der Waals surface area (Å²) in [6.45, 7) is 16.1. The summed E-state index contributed by atoms with van der Waals surface area (Å²) in [5.41, 5.74) is 5.50. The molecule has 1 aliphatic heterocycles. The van der Waals surface area contributed by atoms with Crippen LogP contribution in [0.5, 0.6) is 0 Å². The van der Waals surface area contributed by atoms with Gasteiger partial charge in [-0.25, -0.2) is 9.98 Å². The molecule has 3 nitrogen and oxygen atoms in total. The number of nitrogens with zero attached hydrogens (tertiary/aromatic N) is 2. The zero-order valence-electron chi connectivity index (χ0n) is 19.9. The molecule has 0 saturated carbocycles. The summed E-state index contributed by atoms with van der Waals surface area (Å²) in [5.74, 6) is 1.43. The third kappa shape index (κ3) is 7.27. The van der Waals surface area contributed by atoms with Crippen LogP contribution in [0, 0.1) is 5.41 Å². The third-order valence-corrected chi connectivity index (χ3v) is 5.47. The molecule has 6 heteroatoms. The van der Waals surface area contributed by atoms with Crippen LogP contribution in [0.1, 0.15) is 77.0 Å². The van der Waals surface area contributed by atoms with Gasteiger partial charge in [0.05, 0.1) is 11.7 Å². The van der Waals surface area contributed by atoms with E-state index in [1.54, 1.807) is 0 Å². The number of aliphatic imine (C=N–C) groups is 2. The Balaban J connectivity index is 0.00000114. The predicted molar refractivity (Wildman–Crippen MR) is 142 cm³/mol. The third-order valence-electron chi connectivity index (χ3n) is 5.47. The van der Waals surface area contributed by atoms with Gasteiger partial charge in [-0.05, 0) is 28.4 Å². The zero-order valence-corrected chi connectivity index (χ0v) is 24.1. The molecule has 0 unspecified atom stereocenters. The number of rotatable bonds is 5. The quantitative estimate of drug-likeness (QED) is 0.247. The van der Waals surface area contributed by atoms with Crippen LogP contribution in [0.4, 0.5) is 5.69 Å². The van der Waals surface area contributed by atoms with E-state index in [0.717, 1.165) is 17.0 Å². The van der Waals surface area contributed by atoms with E-state index >= 15 is 0 Å². The standard InChI is InChI=1S/C26H34N2O.2BrH.Ni/c1-17(2)20-14-11-15-21(18(3)4)24(20)28-23(19-12-9-8-10-13-19)25-27-22(16-29-25)26(5,6)7;;;/h8-15,17-18,22H,16H2,1-7H3;2*1H;/q;;;+2/p-2/t22-;;;/m1.../s1. The summed E-state index contributed by atoms with van der Waals surface area (Å²) >= 11 is 6.00. The van der Waals surface area contributed by atoms with E-state index in [2.05, 4.69) is 107 Å². The molecule has 0 aliphatic carbocycles. The Bertz CT molecular complexity index is 908. The van der Waals surface area contributed by atoms with Crippen molar-refractivity contribution in [3.63, 3.8) is 0 Å². The van der Waals surface area contributed by atoms with Crippen molar-refractivity contribution in [2.45, 2.75) is 66.3 Å². The molecule has 0 saturated heterocycles. The molecular formula is C26H34Br2N2NiO. The van der Waals surface area contributed by atoms with Gasteiger partial charge < -0.3 is 4.74 Å². The Morgan fingerprint density at radius 1 is 0.969 bits per heavy atom. The first-order valence-electron chi connectivity index (χ1n) is 10.9. The van der Waals surface area contributed by atoms with Gasteiger partial charge in [0.2, 0.25) is 5.90 Å². The second-order valence-corrected chi connectivity index (χ2v) is 14.6. The summed E-state index contributed by atoms with van der Waals surface area (Å²) in [4.78, 5) is 10.2. The first kappa shape index (κ1) is 27.3. The molecule has 0 fully saturated rings. The minimum atomic E-state index is 0.0580. The van der Waals surface area contributed by atoms with Gasteiger partial charge in [-0.3, -0.25) is 0 Å². The van der Waals surface area contributed by atoms with Crippen LogP contribution in [0.2, 0.25) is 0 Å². The summed E-state index contributed by atoms with van der Waals surface area (Å²) in [6, 6.07) is 16.9. The van der Waals surface area contributed by atoms with Gasteiger partial charge in [0, 0.05) is 5.56 Å². The van der Waals surface area contributed by atoms with E-state index < -0.39 is 0 Å². The molecule has 1 aliphatic rings. The summed E-state index contributed by atoms with van der Waals surface area (Å²) in [6.07, 6.45) is 0. The van der Waals surface area contributed by atoms with Crippen molar-refractivity contribution < 1.29 is 15.6 Å². The molecule has 2 aromatic carbocycles. The first-order valence-corrected chi connectivity index (χ1v) is 15.8. The molecule has 2 aromatic rings. The van der Waals surface area contributed by atoms with Crippen LogP contribution in [0.25, 0.3) is 0 Å². The number of hydrogen-bond donors (Lipinski definition) is 0. The van der Waals surface area contributed by atoms with Gasteiger partial charge in [0.15, 0.2) is 0 Å². The molecule has 32 heavy (non-hydrogen) atoms. The van der Waals surface area contributed by atoms with E-state index in [1.165, 1.54) is 22.0 Å². The van der Waals surface area contributed by atoms with Crippen molar-refractivity contribution in [2.75, 3.05) is 6.61 Å². The Labute approximate surface area is 213 Å². The molecular weight excluding hydrogens is 575 g/mol. The molecule has 178 valence electrons. The molecule has 0 radical (unpaired) electrons. The van der Waals surface area contributed by atoms with E-state index in [9.17, 15) is 0 Å². The summed E-state index contributed by atoms with van der Waals surface area (Å²) in [5, 5.41) is 0. The molecule has 0 N–H and O–H groups in total. The van der Waals surface area contributed by atoms with E-state index in [0.29, 0.717) is 24.3 Å². The summed E-state index contributed by atoms with van der Waals surface area (Å²) in [7, 11) is 1.25. The molecule has 0 bridgehead atoms. The van der Waals surface area contributed by atoms with Gasteiger partial charge in [-0.1, -0.05) is 97.0 Å². The van der Waals surface area contributed by atoms with Gasteiger partial charge in [0.1, 0.15) is 12.3 Å². The van der Waals surface area contributed by atoms with Crippen LogP contribution < -0.4 is 0 Å². The SMILES string of the molecule is CC(C)c1cccc(C(C)C)c1N=C(C1=N[C@@H](C(C)(C)C)CO1)c1ccccc1.[Br][Ni][Br]. The van der Waals surface area contributed by atoms with Crippen LogP contribution in [0.3, 0.4) is 0 Å². The normalized spacial score (nSPS) is 16.7. The number of para-hydroxylation sites is 1. The van der Waals surface area contributed by atoms with Crippen LogP contribution in [0.15, 0.2) is 58.5 Å². The number of benzene rings is 2. The molecule has 0 aromatic heterocycles. The van der Waals surface area contributed by atoms with Crippen molar-refractivity contribution in [3.8, 4) is 0 Å². The Morgan fingerprint density at radius 3 is 1.94 bits per heavy atom.